The van der Waals surface area contributed by atoms with E-state index in [1.54, 1.807) is 6.26 Å². The van der Waals surface area contributed by atoms with E-state index in [2.05, 4.69) is 49.1 Å². The van der Waals surface area contributed by atoms with E-state index < -0.39 is 0 Å². The standard InChI is InChI=1S/C9H10O2.5CO.Cr/c1-2-10-7-3-5-9-6-4-8-11-9;5*1-2;/h3-6,8H,2H2,1H3;;;;;;/b5-3+;;;;;;. The van der Waals surface area contributed by atoms with Crippen LogP contribution in [0.1, 0.15) is 12.7 Å². The van der Waals surface area contributed by atoms with Gasteiger partial charge in [0.1, 0.15) is 0 Å². The summed E-state index contributed by atoms with van der Waals surface area (Å²) in [5.41, 5.74) is 0. The van der Waals surface area contributed by atoms with Gasteiger partial charge < -0.3 is 0 Å². The van der Waals surface area contributed by atoms with E-state index in [0.29, 0.717) is 6.61 Å². The molecule has 8 heteroatoms. The van der Waals surface area contributed by atoms with Crippen LogP contribution in [0.3, 0.4) is 0 Å². The molecule has 0 atom stereocenters. The van der Waals surface area contributed by atoms with Crippen molar-refractivity contribution in [3.63, 3.8) is 0 Å². The summed E-state index contributed by atoms with van der Waals surface area (Å²) in [7, 11) is 0. The summed E-state index contributed by atoms with van der Waals surface area (Å²) in [5, 5.41) is 0. The zero-order chi connectivity index (χ0) is 18.8. The molecule has 0 amide bonds. The van der Waals surface area contributed by atoms with E-state index >= 15 is 0 Å². The van der Waals surface area contributed by atoms with E-state index in [1.165, 1.54) is 0 Å². The number of furan rings is 1. The first-order valence-corrected chi connectivity index (χ1v) is 5.37. The molecule has 0 aromatic carbocycles. The Morgan fingerprint density at radius 1 is 1.09 bits per heavy atom. The van der Waals surface area contributed by atoms with Gasteiger partial charge in [0, 0.05) is 0 Å². The molecule has 0 aliphatic heterocycles. The van der Waals surface area contributed by atoms with Crippen LogP contribution in [0.25, 0.3) is 6.08 Å². The van der Waals surface area contributed by atoms with Gasteiger partial charge in [0.05, 0.1) is 0 Å². The van der Waals surface area contributed by atoms with Crippen molar-refractivity contribution in [1.29, 1.82) is 0 Å². The second-order valence-corrected chi connectivity index (χ2v) is 2.73. The second-order valence-electron chi connectivity index (χ2n) is 2.10. The van der Waals surface area contributed by atoms with Gasteiger partial charge in [-0.1, -0.05) is 0 Å². The molecule has 0 bridgehead atoms. The molecule has 1 aromatic rings. The van der Waals surface area contributed by atoms with Crippen molar-refractivity contribution in [2.45, 2.75) is 6.92 Å². The molecule has 1 aromatic heterocycles. The van der Waals surface area contributed by atoms with Crippen molar-refractivity contribution < 1.29 is 48.3 Å². The molecule has 0 aliphatic carbocycles. The molecule has 0 spiro atoms. The van der Waals surface area contributed by atoms with Gasteiger partial charge >= 0.3 is 136 Å². The minimum absolute atomic E-state index is 0.671. The van der Waals surface area contributed by atoms with Gasteiger partial charge in [0.2, 0.25) is 0 Å². The van der Waals surface area contributed by atoms with Crippen molar-refractivity contribution in [3.8, 4) is 0 Å². The summed E-state index contributed by atoms with van der Waals surface area (Å²) in [5.74, 6) is 0.822. The molecule has 0 saturated heterocycles. The van der Waals surface area contributed by atoms with E-state index in [-0.39, 0.29) is 0 Å². The molecule has 0 saturated carbocycles. The van der Waals surface area contributed by atoms with Crippen LogP contribution in [0.5, 0.6) is 0 Å². The average Bonchev–Trinajstić information content (AvgIpc) is 3.16. The van der Waals surface area contributed by atoms with Gasteiger partial charge in [-0.3, -0.25) is 0 Å². The van der Waals surface area contributed by atoms with Crippen LogP contribution in [0, 0.1) is 33.3 Å². The van der Waals surface area contributed by atoms with Gasteiger partial charge in [-0.05, 0) is 0 Å². The van der Waals surface area contributed by atoms with Crippen LogP contribution in [0.2, 0.25) is 0 Å². The van der Waals surface area contributed by atoms with Crippen molar-refractivity contribution >= 4 is 10.6 Å². The Balaban J connectivity index is -0.0000000822. The normalized spacial score (nSPS) is 6.32. The fourth-order valence-electron chi connectivity index (χ4n) is 0.727. The SMILES string of the molecule is CCO[C](=[Cr])/C=C/c1ccco1.[C-]#[O+].[C-]#[O+].[C-]#[O+].[C-]#[O+].[C-]#[O+]. The second kappa shape index (κ2) is 42.7. The van der Waals surface area contributed by atoms with Crippen molar-refractivity contribution in [2.24, 2.45) is 0 Å². The monoisotopic (exact) mass is 342 g/mol. The molecule has 0 radical (unpaired) electrons. The Labute approximate surface area is 136 Å². The van der Waals surface area contributed by atoms with Crippen LogP contribution >= 0.6 is 0 Å². The fourth-order valence-corrected chi connectivity index (χ4v) is 1.02. The first-order chi connectivity index (χ1) is 10.8. The maximum absolute atomic E-state index is 7.50. The van der Waals surface area contributed by atoms with Gasteiger partial charge in [-0.25, -0.2) is 0 Å². The molecule has 22 heavy (non-hydrogen) atoms. The van der Waals surface area contributed by atoms with Gasteiger partial charge in [-0.2, -0.15) is 0 Å². The molecule has 114 valence electrons. The number of hydrogen-bond donors (Lipinski definition) is 0. The molecular weight excluding hydrogens is 332 g/mol. The summed E-state index contributed by atoms with van der Waals surface area (Å²) < 4.78 is 48.5. The van der Waals surface area contributed by atoms with Crippen LogP contribution in [0.4, 0.5) is 0 Å². The Hall–Kier alpha value is -1.92. The molecule has 0 aliphatic rings. The van der Waals surface area contributed by atoms with Gasteiger partial charge in [-0.15, -0.1) is 0 Å². The first-order valence-electron chi connectivity index (χ1n) is 4.73. The van der Waals surface area contributed by atoms with E-state index in [0.717, 1.165) is 10.3 Å². The molecule has 0 fully saturated rings. The fraction of sp³-hybridized carbons (Fsp3) is 0.143. The van der Waals surface area contributed by atoms with E-state index in [4.69, 9.17) is 32.4 Å². The molecular formula is C14H10CrO7. The Kier molecular flexibility index (Phi) is 62.5. The zero-order valence-corrected chi connectivity index (χ0v) is 12.6. The summed E-state index contributed by atoms with van der Waals surface area (Å²) in [6.45, 7) is 25.1. The third-order valence-electron chi connectivity index (χ3n) is 1.21. The number of rotatable bonds is 4. The van der Waals surface area contributed by atoms with Crippen LogP contribution in [0.15, 0.2) is 28.9 Å². The van der Waals surface area contributed by atoms with Crippen molar-refractivity contribution in [3.05, 3.63) is 63.5 Å². The summed E-state index contributed by atoms with van der Waals surface area (Å²) >= 11 is 2.81. The molecule has 1 rings (SSSR count). The number of hydrogen-bond acceptors (Lipinski definition) is 2. The van der Waals surface area contributed by atoms with Gasteiger partial charge in [0.15, 0.2) is 0 Å². The third-order valence-corrected chi connectivity index (χ3v) is 1.61. The molecule has 7 nitrogen and oxygen atoms in total. The predicted molar refractivity (Wildman–Crippen MR) is 64.0 cm³/mol. The summed E-state index contributed by atoms with van der Waals surface area (Å²) in [6, 6.07) is 3.73. The van der Waals surface area contributed by atoms with Crippen LogP contribution < -0.4 is 0 Å². The Morgan fingerprint density at radius 3 is 1.86 bits per heavy atom. The van der Waals surface area contributed by atoms with E-state index in [9.17, 15) is 0 Å². The zero-order valence-electron chi connectivity index (χ0n) is 11.4. The Bertz CT molecular complexity index is 415. The topological polar surface area (TPSA) is 122 Å². The molecule has 0 unspecified atom stereocenters. The third kappa shape index (κ3) is 30.8. The quantitative estimate of drug-likeness (QED) is 0.612. The summed E-state index contributed by atoms with van der Waals surface area (Å²) in [4.78, 5) is 0. The Morgan fingerprint density at radius 2 is 1.55 bits per heavy atom. The van der Waals surface area contributed by atoms with E-state index in [1.807, 2.05) is 31.2 Å². The first kappa shape index (κ1) is 32.1. The minimum atomic E-state index is 0.671. The molecule has 1 heterocycles. The number of ether oxygens (including phenoxy) is 1. The average molecular weight is 342 g/mol. The predicted octanol–water partition coefficient (Wildman–Crippen LogP) is 1.82. The van der Waals surface area contributed by atoms with Crippen LogP contribution in [-0.4, -0.2) is 11.2 Å². The van der Waals surface area contributed by atoms with Crippen LogP contribution in [-0.2, 0) is 43.8 Å². The summed E-state index contributed by atoms with van der Waals surface area (Å²) in [6.07, 6.45) is 5.32. The van der Waals surface area contributed by atoms with Crippen molar-refractivity contribution in [1.82, 2.24) is 0 Å². The maximum atomic E-state index is 7.50. The van der Waals surface area contributed by atoms with Crippen molar-refractivity contribution in [2.75, 3.05) is 6.61 Å². The molecule has 0 N–H and O–H groups in total. The van der Waals surface area contributed by atoms with Gasteiger partial charge in [0.25, 0.3) is 0 Å².